The second-order valence-corrected chi connectivity index (χ2v) is 8.26. The van der Waals surface area contributed by atoms with E-state index in [1.807, 2.05) is 86.2 Å². The number of benzene rings is 2. The lowest BCUT2D eigenvalue weighted by Crippen LogP contribution is -2.15. The molecule has 0 aliphatic rings. The fraction of sp³-hybridized carbons (Fsp3) is 0.143. The number of carbonyl (C=O) groups is 1. The van der Waals surface area contributed by atoms with Gasteiger partial charge in [-0.1, -0.05) is 48.0 Å². The van der Waals surface area contributed by atoms with Crippen molar-refractivity contribution in [1.82, 2.24) is 14.8 Å². The van der Waals surface area contributed by atoms with E-state index < -0.39 is 5.91 Å². The number of aryl methyl sites for hydroxylation is 3. The lowest BCUT2D eigenvalue weighted by atomic mass is 10.0. The molecule has 0 saturated heterocycles. The molecule has 0 radical (unpaired) electrons. The molecule has 0 bridgehead atoms. The molecule has 1 amide bonds. The minimum Gasteiger partial charge on any atom is -0.321 e. The van der Waals surface area contributed by atoms with Crippen LogP contribution in [0.4, 0.5) is 5.69 Å². The van der Waals surface area contributed by atoms with E-state index in [9.17, 15) is 10.1 Å². The van der Waals surface area contributed by atoms with Crippen LogP contribution >= 0.6 is 0 Å². The maximum absolute atomic E-state index is 13.0. The highest BCUT2D eigenvalue weighted by molar-refractivity contribution is 6.10. The molecule has 0 saturated carbocycles. The van der Waals surface area contributed by atoms with Crippen LogP contribution in [0.2, 0.25) is 0 Å². The maximum atomic E-state index is 13.0. The van der Waals surface area contributed by atoms with Crippen LogP contribution in [0.1, 0.15) is 27.8 Å². The number of pyridine rings is 1. The van der Waals surface area contributed by atoms with Crippen LogP contribution in [0, 0.1) is 32.1 Å². The van der Waals surface area contributed by atoms with Crippen molar-refractivity contribution in [3.8, 4) is 17.3 Å². The van der Waals surface area contributed by atoms with E-state index in [2.05, 4.69) is 16.4 Å². The van der Waals surface area contributed by atoms with Gasteiger partial charge in [0, 0.05) is 35.4 Å². The SMILES string of the molecule is Cc1cc(C)c(NC(=O)/C(C#N)=C/c2cn(Cc3ccccc3)nc2-c2cccnc2)c(C)c1. The van der Waals surface area contributed by atoms with E-state index in [1.165, 1.54) is 0 Å². The van der Waals surface area contributed by atoms with Crippen molar-refractivity contribution >= 4 is 17.7 Å². The van der Waals surface area contributed by atoms with E-state index in [0.717, 1.165) is 33.5 Å². The lowest BCUT2D eigenvalue weighted by Gasteiger charge is -2.12. The molecular formula is C28H25N5O. The Hall–Kier alpha value is -4.50. The largest absolute Gasteiger partial charge is 0.321 e. The van der Waals surface area contributed by atoms with Gasteiger partial charge in [-0.2, -0.15) is 10.4 Å². The molecule has 4 aromatic rings. The number of rotatable bonds is 6. The summed E-state index contributed by atoms with van der Waals surface area (Å²) in [6.07, 6.45) is 6.85. The number of amides is 1. The fourth-order valence-electron chi connectivity index (χ4n) is 3.98. The molecule has 1 N–H and O–H groups in total. The zero-order valence-corrected chi connectivity index (χ0v) is 19.4. The van der Waals surface area contributed by atoms with Gasteiger partial charge in [-0.3, -0.25) is 14.5 Å². The van der Waals surface area contributed by atoms with Gasteiger partial charge in [-0.15, -0.1) is 0 Å². The van der Waals surface area contributed by atoms with Gasteiger partial charge >= 0.3 is 0 Å². The van der Waals surface area contributed by atoms with E-state index >= 15 is 0 Å². The molecule has 0 aliphatic heterocycles. The Morgan fingerprint density at radius 1 is 1.09 bits per heavy atom. The summed E-state index contributed by atoms with van der Waals surface area (Å²) >= 11 is 0. The summed E-state index contributed by atoms with van der Waals surface area (Å²) in [5, 5.41) is 17.5. The van der Waals surface area contributed by atoms with Crippen LogP contribution in [0.15, 0.2) is 78.8 Å². The molecule has 2 heterocycles. The molecule has 168 valence electrons. The van der Waals surface area contributed by atoms with Crippen LogP contribution in [0.25, 0.3) is 17.3 Å². The molecule has 0 fully saturated rings. The zero-order chi connectivity index (χ0) is 24.1. The van der Waals surface area contributed by atoms with Gasteiger partial charge in [0.05, 0.1) is 6.54 Å². The van der Waals surface area contributed by atoms with Crippen LogP contribution < -0.4 is 5.32 Å². The standard InChI is InChI=1S/C28H25N5O/c1-19-12-20(2)26(21(3)13-19)31-28(34)24(15-29)14-25-18-33(17-22-8-5-4-6-9-22)32-27(25)23-10-7-11-30-16-23/h4-14,16,18H,17H2,1-3H3,(H,31,34)/b24-14+. The van der Waals surface area contributed by atoms with Crippen molar-refractivity contribution in [1.29, 1.82) is 5.26 Å². The van der Waals surface area contributed by atoms with Crippen molar-refractivity contribution in [2.45, 2.75) is 27.3 Å². The van der Waals surface area contributed by atoms with Crippen molar-refractivity contribution in [3.05, 3.63) is 107 Å². The third-order valence-electron chi connectivity index (χ3n) is 5.49. The highest BCUT2D eigenvalue weighted by Crippen LogP contribution is 2.26. The average molecular weight is 448 g/mol. The monoisotopic (exact) mass is 447 g/mol. The maximum Gasteiger partial charge on any atom is 0.266 e. The van der Waals surface area contributed by atoms with Crippen molar-refractivity contribution in [3.63, 3.8) is 0 Å². The molecule has 0 atom stereocenters. The predicted molar refractivity (Wildman–Crippen MR) is 134 cm³/mol. The Balaban J connectivity index is 1.70. The molecule has 6 heteroatoms. The minimum atomic E-state index is -0.453. The molecule has 0 aliphatic carbocycles. The molecule has 0 spiro atoms. The number of nitrogens with zero attached hydrogens (tertiary/aromatic N) is 4. The number of carbonyl (C=O) groups excluding carboxylic acids is 1. The summed E-state index contributed by atoms with van der Waals surface area (Å²) in [5.74, 6) is -0.453. The van der Waals surface area contributed by atoms with E-state index in [-0.39, 0.29) is 5.57 Å². The van der Waals surface area contributed by atoms with Gasteiger partial charge in [0.2, 0.25) is 0 Å². The van der Waals surface area contributed by atoms with Crippen molar-refractivity contribution < 1.29 is 4.79 Å². The second kappa shape index (κ2) is 9.97. The van der Waals surface area contributed by atoms with Gasteiger partial charge < -0.3 is 5.32 Å². The second-order valence-electron chi connectivity index (χ2n) is 8.26. The van der Waals surface area contributed by atoms with Crippen LogP contribution in [0.3, 0.4) is 0 Å². The first-order chi connectivity index (χ1) is 16.4. The van der Waals surface area contributed by atoms with Gasteiger partial charge in [0.15, 0.2) is 0 Å². The summed E-state index contributed by atoms with van der Waals surface area (Å²) in [6, 6.07) is 19.8. The first-order valence-electron chi connectivity index (χ1n) is 11.0. The summed E-state index contributed by atoms with van der Waals surface area (Å²) in [4.78, 5) is 17.2. The van der Waals surface area contributed by atoms with Crippen LogP contribution in [0.5, 0.6) is 0 Å². The summed E-state index contributed by atoms with van der Waals surface area (Å²) in [5.41, 5.74) is 7.00. The molecule has 0 unspecified atom stereocenters. The summed E-state index contributed by atoms with van der Waals surface area (Å²) in [7, 11) is 0. The number of nitrogens with one attached hydrogen (secondary N) is 1. The van der Waals surface area contributed by atoms with Gasteiger partial charge in [-0.25, -0.2) is 0 Å². The predicted octanol–water partition coefficient (Wildman–Crippen LogP) is 5.46. The Morgan fingerprint density at radius 3 is 2.47 bits per heavy atom. The molecular weight excluding hydrogens is 422 g/mol. The number of hydrogen-bond donors (Lipinski definition) is 1. The first kappa shape index (κ1) is 22.7. The third kappa shape index (κ3) is 5.11. The smallest absolute Gasteiger partial charge is 0.266 e. The van der Waals surface area contributed by atoms with Crippen molar-refractivity contribution in [2.24, 2.45) is 0 Å². The fourth-order valence-corrected chi connectivity index (χ4v) is 3.98. The van der Waals surface area contributed by atoms with E-state index in [0.29, 0.717) is 17.8 Å². The van der Waals surface area contributed by atoms with Gasteiger partial charge in [0.1, 0.15) is 17.3 Å². The summed E-state index contributed by atoms with van der Waals surface area (Å²) < 4.78 is 1.81. The summed E-state index contributed by atoms with van der Waals surface area (Å²) in [6.45, 7) is 6.47. The van der Waals surface area contributed by atoms with Crippen molar-refractivity contribution in [2.75, 3.05) is 5.32 Å². The Bertz CT molecular complexity index is 1370. The molecule has 34 heavy (non-hydrogen) atoms. The van der Waals surface area contributed by atoms with Gasteiger partial charge in [-0.05, 0) is 55.7 Å². The molecule has 2 aromatic heterocycles. The van der Waals surface area contributed by atoms with Crippen LogP contribution in [-0.2, 0) is 11.3 Å². The number of anilines is 1. The number of hydrogen-bond acceptors (Lipinski definition) is 4. The number of aromatic nitrogens is 3. The first-order valence-corrected chi connectivity index (χ1v) is 11.0. The average Bonchev–Trinajstić information content (AvgIpc) is 3.23. The van der Waals surface area contributed by atoms with E-state index in [1.54, 1.807) is 18.5 Å². The highest BCUT2D eigenvalue weighted by atomic mass is 16.1. The Morgan fingerprint density at radius 2 is 1.82 bits per heavy atom. The molecule has 6 nitrogen and oxygen atoms in total. The quantitative estimate of drug-likeness (QED) is 0.314. The molecule has 4 rings (SSSR count). The van der Waals surface area contributed by atoms with E-state index in [4.69, 9.17) is 5.10 Å². The molecule has 2 aromatic carbocycles. The number of nitriles is 1. The Labute approximate surface area is 199 Å². The third-order valence-corrected chi connectivity index (χ3v) is 5.49. The van der Waals surface area contributed by atoms with Gasteiger partial charge in [0.25, 0.3) is 5.91 Å². The minimum absolute atomic E-state index is 0.00350. The normalized spacial score (nSPS) is 11.2. The Kier molecular flexibility index (Phi) is 6.65. The zero-order valence-electron chi connectivity index (χ0n) is 19.4. The lowest BCUT2D eigenvalue weighted by molar-refractivity contribution is -0.112. The van der Waals surface area contributed by atoms with Crippen LogP contribution in [-0.4, -0.2) is 20.7 Å². The highest BCUT2D eigenvalue weighted by Gasteiger charge is 2.16. The topological polar surface area (TPSA) is 83.6 Å².